The van der Waals surface area contributed by atoms with Gasteiger partial charge >= 0.3 is 0 Å². The number of halogens is 1. The van der Waals surface area contributed by atoms with Crippen LogP contribution in [0.5, 0.6) is 0 Å². The molecule has 0 unspecified atom stereocenters. The highest BCUT2D eigenvalue weighted by Crippen LogP contribution is 2.32. The van der Waals surface area contributed by atoms with Crippen LogP contribution in [-0.4, -0.2) is 24.5 Å². The molecule has 1 aliphatic rings. The maximum absolute atomic E-state index is 12.6. The number of aromatic amines is 1. The van der Waals surface area contributed by atoms with Crippen molar-refractivity contribution in [2.75, 3.05) is 5.32 Å². The molecule has 1 aromatic carbocycles. The average molecular weight is 421 g/mol. The van der Waals surface area contributed by atoms with Crippen molar-refractivity contribution in [1.82, 2.24) is 24.5 Å². The van der Waals surface area contributed by atoms with E-state index in [1.165, 1.54) is 12.8 Å². The van der Waals surface area contributed by atoms with Crippen LogP contribution < -0.4 is 10.9 Å². The number of hydrogen-bond acceptors (Lipinski definition) is 5. The van der Waals surface area contributed by atoms with Gasteiger partial charge in [-0.1, -0.05) is 11.6 Å². The lowest BCUT2D eigenvalue weighted by atomic mass is 10.1. The van der Waals surface area contributed by atoms with Crippen molar-refractivity contribution in [1.29, 1.82) is 0 Å². The van der Waals surface area contributed by atoms with Gasteiger partial charge in [-0.25, -0.2) is 15.0 Å². The van der Waals surface area contributed by atoms with Crippen LogP contribution in [0.25, 0.3) is 22.3 Å². The second-order valence-electron chi connectivity index (χ2n) is 7.79. The zero-order valence-corrected chi connectivity index (χ0v) is 17.2. The number of anilines is 1. The molecule has 1 saturated carbocycles. The highest BCUT2D eigenvalue weighted by atomic mass is 35.5. The minimum atomic E-state index is -0.288. The molecule has 0 saturated heterocycles. The van der Waals surface area contributed by atoms with Gasteiger partial charge in [0.2, 0.25) is 5.95 Å². The molecule has 1 atom stereocenters. The summed E-state index contributed by atoms with van der Waals surface area (Å²) in [5, 5.41) is 4.75. The smallest absolute Gasteiger partial charge is 0.253 e. The Morgan fingerprint density at radius 2 is 2.17 bits per heavy atom. The molecule has 1 aliphatic carbocycles. The third kappa shape index (κ3) is 3.80. The number of rotatable bonds is 6. The Labute approximate surface area is 178 Å². The summed E-state index contributed by atoms with van der Waals surface area (Å²) in [7, 11) is 0. The van der Waals surface area contributed by atoms with E-state index in [1.54, 1.807) is 18.3 Å². The molecule has 0 aliphatic heterocycles. The van der Waals surface area contributed by atoms with Gasteiger partial charge in [-0.2, -0.15) is 0 Å². The lowest BCUT2D eigenvalue weighted by molar-refractivity contribution is 0.630. The minimum absolute atomic E-state index is 0.150. The lowest BCUT2D eigenvalue weighted by Crippen LogP contribution is -2.20. The van der Waals surface area contributed by atoms with Gasteiger partial charge in [-0.3, -0.25) is 4.79 Å². The largest absolute Gasteiger partial charge is 0.347 e. The van der Waals surface area contributed by atoms with E-state index in [1.807, 2.05) is 37.6 Å². The topological polar surface area (TPSA) is 88.5 Å². The normalized spacial score (nSPS) is 14.7. The summed E-state index contributed by atoms with van der Waals surface area (Å²) in [6.45, 7) is 2.88. The number of nitrogens with one attached hydrogen (secondary N) is 2. The van der Waals surface area contributed by atoms with Gasteiger partial charge in [0, 0.05) is 34.2 Å². The molecule has 0 spiro atoms. The van der Waals surface area contributed by atoms with Crippen molar-refractivity contribution in [2.24, 2.45) is 5.92 Å². The quantitative estimate of drug-likeness (QED) is 0.482. The highest BCUT2D eigenvalue weighted by molar-refractivity contribution is 6.31. The summed E-state index contributed by atoms with van der Waals surface area (Å²) in [5.74, 6) is 1.20. The van der Waals surface area contributed by atoms with Crippen molar-refractivity contribution >= 4 is 28.5 Å². The zero-order valence-electron chi connectivity index (χ0n) is 16.5. The Morgan fingerprint density at radius 3 is 3.00 bits per heavy atom. The van der Waals surface area contributed by atoms with Crippen molar-refractivity contribution in [3.05, 3.63) is 70.0 Å². The fourth-order valence-corrected chi connectivity index (χ4v) is 3.80. The maximum atomic E-state index is 12.6. The number of benzene rings is 1. The Balaban J connectivity index is 1.42. The van der Waals surface area contributed by atoms with Gasteiger partial charge in [-0.05, 0) is 56.0 Å². The molecule has 1 fully saturated rings. The van der Waals surface area contributed by atoms with E-state index in [-0.39, 0.29) is 11.6 Å². The van der Waals surface area contributed by atoms with E-state index < -0.39 is 0 Å². The number of imidazole rings is 1. The molecule has 30 heavy (non-hydrogen) atoms. The van der Waals surface area contributed by atoms with Crippen LogP contribution in [0.3, 0.4) is 0 Å². The number of hydrogen-bond donors (Lipinski definition) is 2. The number of pyridine rings is 1. The molecule has 0 amide bonds. The SMILES string of the molecule is C[C@H](Nc1nccc(-c2cncn2CC2CC2)n1)c1cc2cc(Cl)ccc2[nH]c1=O. The molecule has 8 heteroatoms. The van der Waals surface area contributed by atoms with E-state index >= 15 is 0 Å². The predicted molar refractivity (Wildman–Crippen MR) is 118 cm³/mol. The van der Waals surface area contributed by atoms with Crippen LogP contribution in [-0.2, 0) is 6.54 Å². The van der Waals surface area contributed by atoms with Crippen molar-refractivity contribution in [2.45, 2.75) is 32.4 Å². The fourth-order valence-electron chi connectivity index (χ4n) is 3.62. The zero-order chi connectivity index (χ0) is 20.7. The highest BCUT2D eigenvalue weighted by Gasteiger charge is 2.23. The molecule has 7 nitrogen and oxygen atoms in total. The number of fused-ring (bicyclic) bond motifs is 1. The molecule has 5 rings (SSSR count). The van der Waals surface area contributed by atoms with E-state index in [4.69, 9.17) is 11.6 Å². The van der Waals surface area contributed by atoms with Gasteiger partial charge < -0.3 is 14.9 Å². The second kappa shape index (κ2) is 7.57. The summed E-state index contributed by atoms with van der Waals surface area (Å²) >= 11 is 6.10. The summed E-state index contributed by atoms with van der Waals surface area (Å²) in [5.41, 5.74) is 2.97. The van der Waals surface area contributed by atoms with Gasteiger partial charge in [0.1, 0.15) is 0 Å². The van der Waals surface area contributed by atoms with Gasteiger partial charge in [0.25, 0.3) is 5.56 Å². The molecular formula is C22H21ClN6O. The minimum Gasteiger partial charge on any atom is -0.347 e. The van der Waals surface area contributed by atoms with Crippen LogP contribution in [0.4, 0.5) is 5.95 Å². The molecule has 0 bridgehead atoms. The third-order valence-electron chi connectivity index (χ3n) is 5.43. The Kier molecular flexibility index (Phi) is 4.75. The Morgan fingerprint density at radius 1 is 1.30 bits per heavy atom. The molecular weight excluding hydrogens is 400 g/mol. The van der Waals surface area contributed by atoms with E-state index in [2.05, 4.69) is 29.8 Å². The molecule has 3 heterocycles. The van der Waals surface area contributed by atoms with Crippen molar-refractivity contribution in [3.8, 4) is 11.4 Å². The summed E-state index contributed by atoms with van der Waals surface area (Å²) in [6.07, 6.45) is 7.95. The number of H-pyrrole nitrogens is 1. The van der Waals surface area contributed by atoms with Crippen LogP contribution in [0, 0.1) is 5.92 Å². The monoisotopic (exact) mass is 420 g/mol. The summed E-state index contributed by atoms with van der Waals surface area (Å²) < 4.78 is 2.14. The molecule has 0 radical (unpaired) electrons. The van der Waals surface area contributed by atoms with Crippen LogP contribution in [0.2, 0.25) is 5.02 Å². The first-order chi connectivity index (χ1) is 14.6. The van der Waals surface area contributed by atoms with Crippen LogP contribution >= 0.6 is 11.6 Å². The van der Waals surface area contributed by atoms with E-state index in [0.717, 1.165) is 34.8 Å². The second-order valence-corrected chi connectivity index (χ2v) is 8.23. The Hall–Kier alpha value is -3.19. The lowest BCUT2D eigenvalue weighted by Gasteiger charge is -2.15. The predicted octanol–water partition coefficient (Wildman–Crippen LogP) is 4.42. The summed E-state index contributed by atoms with van der Waals surface area (Å²) in [6, 6.07) is 8.84. The Bertz CT molecular complexity index is 1280. The third-order valence-corrected chi connectivity index (χ3v) is 5.66. The van der Waals surface area contributed by atoms with Gasteiger partial charge in [0.15, 0.2) is 0 Å². The summed E-state index contributed by atoms with van der Waals surface area (Å²) in [4.78, 5) is 28.8. The number of nitrogens with zero attached hydrogens (tertiary/aromatic N) is 4. The van der Waals surface area contributed by atoms with Crippen LogP contribution in [0.1, 0.15) is 31.4 Å². The fraction of sp³-hybridized carbons (Fsp3) is 0.273. The average Bonchev–Trinajstić information content (AvgIpc) is 3.42. The molecule has 152 valence electrons. The van der Waals surface area contributed by atoms with Crippen molar-refractivity contribution in [3.63, 3.8) is 0 Å². The van der Waals surface area contributed by atoms with Gasteiger partial charge in [-0.15, -0.1) is 0 Å². The van der Waals surface area contributed by atoms with Crippen LogP contribution in [0.15, 0.2) is 53.8 Å². The first-order valence-corrected chi connectivity index (χ1v) is 10.4. The van der Waals surface area contributed by atoms with E-state index in [9.17, 15) is 4.79 Å². The van der Waals surface area contributed by atoms with E-state index in [0.29, 0.717) is 16.5 Å². The number of aromatic nitrogens is 5. The first-order valence-electron chi connectivity index (χ1n) is 9.99. The maximum Gasteiger partial charge on any atom is 0.253 e. The standard InChI is InChI=1S/C22H21ClN6O/c1-13(17-9-15-8-16(23)4-5-18(15)27-21(17)30)26-22-25-7-6-19(28-22)20-10-24-12-29(20)11-14-2-3-14/h4-10,12-14H,2-3,11H2,1H3,(H,27,30)(H,25,26,28)/t13-/m0/s1. The van der Waals surface area contributed by atoms with Crippen molar-refractivity contribution < 1.29 is 0 Å². The first kappa shape index (κ1) is 18.8. The van der Waals surface area contributed by atoms with Gasteiger partial charge in [0.05, 0.1) is 30.0 Å². The molecule has 3 aromatic heterocycles. The molecule has 4 aromatic rings. The molecule has 2 N–H and O–H groups in total.